The minimum atomic E-state index is -8.04. The topological polar surface area (TPSA) is 20.2 Å². The van der Waals surface area contributed by atoms with Gasteiger partial charge in [-0.3, -0.25) is 0 Å². The quantitative estimate of drug-likeness (QED) is 0.721. The predicted molar refractivity (Wildman–Crippen MR) is 32.7 cm³/mol. The summed E-state index contributed by atoms with van der Waals surface area (Å²) in [6.45, 7) is 0. The van der Waals surface area contributed by atoms with E-state index in [0.29, 0.717) is 0 Å². The van der Waals surface area contributed by atoms with Gasteiger partial charge in [0.2, 0.25) is 0 Å². The average molecular weight is 336 g/mol. The van der Waals surface area contributed by atoms with Crippen molar-refractivity contribution in [2.75, 3.05) is 0 Å². The molecule has 0 aliphatic rings. The van der Waals surface area contributed by atoms with Gasteiger partial charge in [-0.2, -0.15) is 52.7 Å². The maximum absolute atomic E-state index is 12.7. The first-order chi connectivity index (χ1) is 8.25. The van der Waals surface area contributed by atoms with Crippen LogP contribution in [0.15, 0.2) is 0 Å². The van der Waals surface area contributed by atoms with Crippen molar-refractivity contribution in [2.45, 2.75) is 30.6 Å². The van der Waals surface area contributed by atoms with Crippen molar-refractivity contribution >= 4 is 0 Å². The molecule has 0 bridgehead atoms. The molecule has 122 valence electrons. The zero-order valence-electron chi connectivity index (χ0n) is 8.36. The molecule has 0 aliphatic carbocycles. The van der Waals surface area contributed by atoms with Gasteiger partial charge in [-0.1, -0.05) is 0 Å². The first-order valence-corrected chi connectivity index (χ1v) is 3.93. The third-order valence-corrected chi connectivity index (χ3v) is 2.15. The van der Waals surface area contributed by atoms with Crippen LogP contribution in [-0.4, -0.2) is 35.7 Å². The molecule has 0 aromatic rings. The summed E-state index contributed by atoms with van der Waals surface area (Å²) in [4.78, 5) is 0. The van der Waals surface area contributed by atoms with Crippen LogP contribution in [-0.2, 0) is 0 Å². The van der Waals surface area contributed by atoms with E-state index in [1.54, 1.807) is 0 Å². The number of hydrogen-bond acceptors (Lipinski definition) is 1. The monoisotopic (exact) mass is 336 g/mol. The highest BCUT2D eigenvalue weighted by Gasteiger charge is 2.97. The highest BCUT2D eigenvalue weighted by molar-refractivity contribution is 5.10. The van der Waals surface area contributed by atoms with Crippen molar-refractivity contribution in [1.29, 1.82) is 0 Å². The molecule has 1 unspecified atom stereocenters. The van der Waals surface area contributed by atoms with E-state index in [-0.39, 0.29) is 0 Å². The second-order valence-electron chi connectivity index (χ2n) is 3.36. The van der Waals surface area contributed by atoms with Crippen molar-refractivity contribution in [1.82, 2.24) is 0 Å². The van der Waals surface area contributed by atoms with Crippen LogP contribution in [0, 0.1) is 5.41 Å². The van der Waals surface area contributed by atoms with Crippen LogP contribution in [0.5, 0.6) is 0 Å². The predicted octanol–water partition coefficient (Wildman–Crippen LogP) is 3.88. The van der Waals surface area contributed by atoms with E-state index in [4.69, 9.17) is 5.11 Å². The van der Waals surface area contributed by atoms with E-state index < -0.39 is 36.0 Å². The number of rotatable bonds is 1. The van der Waals surface area contributed by atoms with E-state index in [2.05, 4.69) is 0 Å². The molecule has 1 atom stereocenters. The molecule has 0 saturated heterocycles. The molecule has 0 rings (SSSR count). The Morgan fingerprint density at radius 3 is 0.650 bits per heavy atom. The zero-order valence-corrected chi connectivity index (χ0v) is 8.36. The molecule has 0 fully saturated rings. The molecule has 20 heavy (non-hydrogen) atoms. The Labute approximate surface area is 99.5 Å². The molecule has 0 aliphatic heterocycles. The summed E-state index contributed by atoms with van der Waals surface area (Å²) in [7, 11) is 0. The van der Waals surface area contributed by atoms with Crippen LogP contribution >= 0.6 is 0 Å². The van der Waals surface area contributed by atoms with Crippen LogP contribution in [0.3, 0.4) is 0 Å². The van der Waals surface area contributed by atoms with Gasteiger partial charge in [0.25, 0.3) is 0 Å². The van der Waals surface area contributed by atoms with Gasteiger partial charge >= 0.3 is 36.0 Å². The van der Waals surface area contributed by atoms with E-state index >= 15 is 0 Å². The summed E-state index contributed by atoms with van der Waals surface area (Å²) in [6.07, 6.45) is -31.1. The number of alkyl halides is 13. The summed E-state index contributed by atoms with van der Waals surface area (Å²) in [5.41, 5.74) is -8.04. The fourth-order valence-electron chi connectivity index (χ4n) is 1.26. The Morgan fingerprint density at radius 1 is 0.400 bits per heavy atom. The average Bonchev–Trinajstić information content (AvgIpc) is 1.89. The molecule has 1 N–H and O–H groups in total. The zero-order chi connectivity index (χ0) is 17.0. The van der Waals surface area contributed by atoms with Crippen LogP contribution < -0.4 is 0 Å². The molecule has 0 amide bonds. The molecule has 0 saturated carbocycles. The van der Waals surface area contributed by atoms with Gasteiger partial charge < -0.3 is 5.11 Å². The smallest absolute Gasteiger partial charge is 0.354 e. The number of halogens is 13. The van der Waals surface area contributed by atoms with Gasteiger partial charge in [0.15, 0.2) is 0 Å². The standard InChI is InChI=1S/C6HF13O/c7-2(20,6(17,18)19)1(3(8,9)10,4(11,12)13)5(14,15)16/h20H. The van der Waals surface area contributed by atoms with Crippen molar-refractivity contribution in [3.63, 3.8) is 0 Å². The summed E-state index contributed by atoms with van der Waals surface area (Å²) < 4.78 is 157. The minimum absolute atomic E-state index is 7.52. The summed E-state index contributed by atoms with van der Waals surface area (Å²) in [6, 6.07) is 0. The molecule has 0 spiro atoms. The molecule has 0 aromatic carbocycles. The number of aliphatic hydroxyl groups is 1. The van der Waals surface area contributed by atoms with Gasteiger partial charge in [-0.15, -0.1) is 0 Å². The Kier molecular flexibility index (Phi) is 4.07. The number of hydrogen-bond donors (Lipinski definition) is 1. The van der Waals surface area contributed by atoms with Gasteiger partial charge in [0.1, 0.15) is 0 Å². The first kappa shape index (κ1) is 19.1. The van der Waals surface area contributed by atoms with Crippen LogP contribution in [0.25, 0.3) is 0 Å². The highest BCUT2D eigenvalue weighted by Crippen LogP contribution is 2.67. The van der Waals surface area contributed by atoms with Crippen LogP contribution in [0.2, 0.25) is 0 Å². The van der Waals surface area contributed by atoms with Gasteiger partial charge in [-0.05, 0) is 0 Å². The lowest BCUT2D eigenvalue weighted by atomic mass is 9.77. The second kappa shape index (κ2) is 4.27. The second-order valence-corrected chi connectivity index (χ2v) is 3.36. The molecule has 14 heteroatoms. The molecule has 1 nitrogen and oxygen atoms in total. The van der Waals surface area contributed by atoms with E-state index in [1.807, 2.05) is 0 Å². The highest BCUT2D eigenvalue weighted by atomic mass is 19.4. The van der Waals surface area contributed by atoms with Gasteiger partial charge in [0.05, 0.1) is 0 Å². The largest absolute Gasteiger partial charge is 0.449 e. The van der Waals surface area contributed by atoms with Crippen molar-refractivity contribution < 1.29 is 62.2 Å². The molecule has 0 heterocycles. The van der Waals surface area contributed by atoms with Crippen molar-refractivity contribution in [3.8, 4) is 0 Å². The van der Waals surface area contributed by atoms with Crippen molar-refractivity contribution in [3.05, 3.63) is 0 Å². The van der Waals surface area contributed by atoms with E-state index in [9.17, 15) is 57.1 Å². The lowest BCUT2D eigenvalue weighted by molar-refractivity contribution is -0.521. The summed E-state index contributed by atoms with van der Waals surface area (Å²) >= 11 is 0. The maximum Gasteiger partial charge on any atom is 0.449 e. The summed E-state index contributed by atoms with van der Waals surface area (Å²) in [5.74, 6) is -7.67. The Bertz CT molecular complexity index is 315. The fraction of sp³-hybridized carbons (Fsp3) is 1.00. The third kappa shape index (κ3) is 2.26. The van der Waals surface area contributed by atoms with Gasteiger partial charge in [-0.25, -0.2) is 4.39 Å². The molecular weight excluding hydrogens is 335 g/mol. The van der Waals surface area contributed by atoms with Crippen LogP contribution in [0.1, 0.15) is 0 Å². The molecule has 0 radical (unpaired) electrons. The van der Waals surface area contributed by atoms with E-state index in [1.165, 1.54) is 0 Å². The minimum Gasteiger partial charge on any atom is -0.354 e. The Hall–Kier alpha value is -0.950. The SMILES string of the molecule is OC(F)(C(F)(F)F)C(C(F)(F)F)(C(F)(F)F)C(F)(F)F. The third-order valence-electron chi connectivity index (χ3n) is 2.15. The Balaban J connectivity index is 6.83. The first-order valence-electron chi connectivity index (χ1n) is 3.93. The van der Waals surface area contributed by atoms with Crippen LogP contribution in [0.4, 0.5) is 57.1 Å². The fourth-order valence-corrected chi connectivity index (χ4v) is 1.26. The van der Waals surface area contributed by atoms with E-state index in [0.717, 1.165) is 0 Å². The maximum atomic E-state index is 12.7. The Morgan fingerprint density at radius 2 is 0.600 bits per heavy atom. The van der Waals surface area contributed by atoms with Gasteiger partial charge in [0, 0.05) is 0 Å². The normalized spacial score (nSPS) is 18.9. The summed E-state index contributed by atoms with van der Waals surface area (Å²) in [5, 5.41) is 7.82. The molecule has 0 aromatic heterocycles. The lowest BCUT2D eigenvalue weighted by Gasteiger charge is -2.44. The molecular formula is C6HF13O. The lowest BCUT2D eigenvalue weighted by Crippen LogP contribution is -2.74. The van der Waals surface area contributed by atoms with Crippen molar-refractivity contribution in [2.24, 2.45) is 5.41 Å².